The molecule has 1 amide bonds. The highest BCUT2D eigenvalue weighted by molar-refractivity contribution is 7.09. The third-order valence-corrected chi connectivity index (χ3v) is 5.85. The minimum Gasteiger partial charge on any atom is -0.487 e. The standard InChI is InChI=1S/C23H25N3O2S/c1-17-24-21(16-29-17)15-28-22-9-7-19(8-10-22)23(27)25-20-11-12-26(14-20)13-18-5-3-2-4-6-18/h2-10,16,20H,11-15H2,1H3,(H,25,27). The van der Waals surface area contributed by atoms with Gasteiger partial charge in [-0.25, -0.2) is 4.98 Å². The molecule has 1 aliphatic rings. The second-order valence-electron chi connectivity index (χ2n) is 7.35. The van der Waals surface area contributed by atoms with Crippen molar-refractivity contribution < 1.29 is 9.53 Å². The molecule has 5 nitrogen and oxygen atoms in total. The normalized spacial score (nSPS) is 16.7. The molecule has 1 N–H and O–H groups in total. The Kier molecular flexibility index (Phi) is 6.22. The van der Waals surface area contributed by atoms with E-state index in [1.807, 2.05) is 42.6 Å². The van der Waals surface area contributed by atoms with E-state index in [4.69, 9.17) is 4.74 Å². The lowest BCUT2D eigenvalue weighted by atomic mass is 10.2. The molecule has 0 radical (unpaired) electrons. The molecule has 0 saturated carbocycles. The SMILES string of the molecule is Cc1nc(COc2ccc(C(=O)NC3CCN(Cc4ccccc4)C3)cc2)cs1. The summed E-state index contributed by atoms with van der Waals surface area (Å²) in [5.41, 5.74) is 2.89. The molecule has 0 spiro atoms. The molecule has 1 unspecified atom stereocenters. The van der Waals surface area contributed by atoms with E-state index >= 15 is 0 Å². The summed E-state index contributed by atoms with van der Waals surface area (Å²) in [6, 6.07) is 17.9. The summed E-state index contributed by atoms with van der Waals surface area (Å²) < 4.78 is 5.75. The third kappa shape index (κ3) is 5.43. The second kappa shape index (κ2) is 9.20. The lowest BCUT2D eigenvalue weighted by Crippen LogP contribution is -2.36. The van der Waals surface area contributed by atoms with Gasteiger partial charge in [-0.2, -0.15) is 0 Å². The van der Waals surface area contributed by atoms with Crippen LogP contribution < -0.4 is 10.1 Å². The first-order valence-corrected chi connectivity index (χ1v) is 10.7. The van der Waals surface area contributed by atoms with Crippen LogP contribution in [0.5, 0.6) is 5.75 Å². The summed E-state index contributed by atoms with van der Waals surface area (Å²) in [6.45, 7) is 5.23. The molecule has 1 fully saturated rings. The summed E-state index contributed by atoms with van der Waals surface area (Å²) in [5.74, 6) is 0.709. The van der Waals surface area contributed by atoms with Crippen LogP contribution in [0.3, 0.4) is 0 Å². The van der Waals surface area contributed by atoms with Crippen LogP contribution in [-0.4, -0.2) is 34.9 Å². The molecule has 2 heterocycles. The Bertz CT molecular complexity index is 940. The van der Waals surface area contributed by atoms with Gasteiger partial charge in [-0.3, -0.25) is 9.69 Å². The molecule has 1 saturated heterocycles. The first-order chi connectivity index (χ1) is 14.2. The monoisotopic (exact) mass is 407 g/mol. The number of likely N-dealkylation sites (tertiary alicyclic amines) is 1. The Morgan fingerprint density at radius 1 is 1.21 bits per heavy atom. The highest BCUT2D eigenvalue weighted by atomic mass is 32.1. The van der Waals surface area contributed by atoms with Gasteiger partial charge >= 0.3 is 0 Å². The van der Waals surface area contributed by atoms with Gasteiger partial charge in [0.05, 0.1) is 10.7 Å². The number of nitrogens with zero attached hydrogens (tertiary/aromatic N) is 2. The molecule has 1 aromatic heterocycles. The number of thiazole rings is 1. The number of benzene rings is 2. The van der Waals surface area contributed by atoms with Crippen LogP contribution in [0.2, 0.25) is 0 Å². The van der Waals surface area contributed by atoms with E-state index in [1.165, 1.54) is 5.56 Å². The van der Waals surface area contributed by atoms with Crippen molar-refractivity contribution in [2.45, 2.75) is 32.5 Å². The van der Waals surface area contributed by atoms with Gasteiger partial charge in [-0.1, -0.05) is 30.3 Å². The van der Waals surface area contributed by atoms with Crippen LogP contribution in [0.15, 0.2) is 60.0 Å². The van der Waals surface area contributed by atoms with Crippen LogP contribution in [0.4, 0.5) is 0 Å². The zero-order valence-corrected chi connectivity index (χ0v) is 17.3. The van der Waals surface area contributed by atoms with Gasteiger partial charge in [-0.15, -0.1) is 11.3 Å². The largest absolute Gasteiger partial charge is 0.487 e. The van der Waals surface area contributed by atoms with Crippen molar-refractivity contribution in [2.75, 3.05) is 13.1 Å². The van der Waals surface area contributed by atoms with Gasteiger partial charge in [0.2, 0.25) is 0 Å². The summed E-state index contributed by atoms with van der Waals surface area (Å²) in [4.78, 5) is 19.4. The van der Waals surface area contributed by atoms with Crippen molar-refractivity contribution >= 4 is 17.2 Å². The number of ether oxygens (including phenoxy) is 1. The first kappa shape index (κ1) is 19.6. The molecule has 150 valence electrons. The smallest absolute Gasteiger partial charge is 0.251 e. The van der Waals surface area contributed by atoms with Crippen molar-refractivity contribution in [3.8, 4) is 5.75 Å². The molecule has 4 rings (SSSR count). The zero-order chi connectivity index (χ0) is 20.1. The zero-order valence-electron chi connectivity index (χ0n) is 16.5. The summed E-state index contributed by atoms with van der Waals surface area (Å²) in [5, 5.41) is 6.19. The topological polar surface area (TPSA) is 54.5 Å². The highest BCUT2D eigenvalue weighted by Gasteiger charge is 2.24. The summed E-state index contributed by atoms with van der Waals surface area (Å²) >= 11 is 1.61. The lowest BCUT2D eigenvalue weighted by Gasteiger charge is -2.17. The molecule has 1 aliphatic heterocycles. The predicted molar refractivity (Wildman–Crippen MR) is 115 cm³/mol. The van der Waals surface area contributed by atoms with E-state index in [-0.39, 0.29) is 11.9 Å². The number of nitrogens with one attached hydrogen (secondary N) is 1. The molecule has 0 bridgehead atoms. The Morgan fingerprint density at radius 2 is 2.00 bits per heavy atom. The van der Waals surface area contributed by atoms with Crippen LogP contribution in [0.25, 0.3) is 0 Å². The Labute approximate surface area is 175 Å². The van der Waals surface area contributed by atoms with Crippen molar-refractivity contribution in [3.05, 3.63) is 81.8 Å². The molecule has 6 heteroatoms. The van der Waals surface area contributed by atoms with Crippen LogP contribution in [-0.2, 0) is 13.2 Å². The number of carbonyl (C=O) groups is 1. The number of amides is 1. The fourth-order valence-electron chi connectivity index (χ4n) is 3.54. The number of aryl methyl sites for hydroxylation is 1. The third-order valence-electron chi connectivity index (χ3n) is 5.03. The van der Waals surface area contributed by atoms with E-state index < -0.39 is 0 Å². The minimum atomic E-state index is -0.0294. The van der Waals surface area contributed by atoms with E-state index in [9.17, 15) is 4.79 Å². The van der Waals surface area contributed by atoms with Gasteiger partial charge in [0.15, 0.2) is 0 Å². The summed E-state index contributed by atoms with van der Waals surface area (Å²) in [6.07, 6.45) is 0.979. The van der Waals surface area contributed by atoms with E-state index in [1.54, 1.807) is 11.3 Å². The van der Waals surface area contributed by atoms with Gasteiger partial charge < -0.3 is 10.1 Å². The maximum atomic E-state index is 12.6. The van der Waals surface area contributed by atoms with E-state index in [0.29, 0.717) is 12.2 Å². The average Bonchev–Trinajstić information content (AvgIpc) is 3.36. The van der Waals surface area contributed by atoms with Crippen LogP contribution in [0, 0.1) is 6.92 Å². The second-order valence-corrected chi connectivity index (χ2v) is 8.41. The van der Waals surface area contributed by atoms with Crippen molar-refractivity contribution in [2.24, 2.45) is 0 Å². The van der Waals surface area contributed by atoms with Gasteiger partial charge in [0.25, 0.3) is 5.91 Å². The molecule has 29 heavy (non-hydrogen) atoms. The molecular weight excluding hydrogens is 382 g/mol. The molecule has 1 atom stereocenters. The molecule has 3 aromatic rings. The molecular formula is C23H25N3O2S. The van der Waals surface area contributed by atoms with E-state index in [0.717, 1.165) is 42.5 Å². The first-order valence-electron chi connectivity index (χ1n) is 9.87. The van der Waals surface area contributed by atoms with Crippen LogP contribution in [0.1, 0.15) is 33.0 Å². The fraction of sp³-hybridized carbons (Fsp3) is 0.304. The quantitative estimate of drug-likeness (QED) is 0.642. The summed E-state index contributed by atoms with van der Waals surface area (Å²) in [7, 11) is 0. The number of aromatic nitrogens is 1. The van der Waals surface area contributed by atoms with Gasteiger partial charge in [-0.05, 0) is 43.2 Å². The highest BCUT2D eigenvalue weighted by Crippen LogP contribution is 2.17. The molecule has 2 aromatic carbocycles. The van der Waals surface area contributed by atoms with Crippen molar-refractivity contribution in [1.82, 2.24) is 15.2 Å². The number of carbonyl (C=O) groups excluding carboxylic acids is 1. The minimum absolute atomic E-state index is 0.0294. The lowest BCUT2D eigenvalue weighted by molar-refractivity contribution is 0.0937. The van der Waals surface area contributed by atoms with Gasteiger partial charge in [0, 0.05) is 36.6 Å². The number of hydrogen-bond donors (Lipinski definition) is 1. The fourth-order valence-corrected chi connectivity index (χ4v) is 4.14. The Hall–Kier alpha value is -2.70. The van der Waals surface area contributed by atoms with Gasteiger partial charge in [0.1, 0.15) is 12.4 Å². The molecule has 0 aliphatic carbocycles. The Balaban J connectivity index is 1.25. The van der Waals surface area contributed by atoms with Crippen molar-refractivity contribution in [3.63, 3.8) is 0 Å². The number of hydrogen-bond acceptors (Lipinski definition) is 5. The van der Waals surface area contributed by atoms with E-state index in [2.05, 4.69) is 39.5 Å². The maximum absolute atomic E-state index is 12.6. The maximum Gasteiger partial charge on any atom is 0.251 e. The average molecular weight is 408 g/mol. The predicted octanol–water partition coefficient (Wildman–Crippen LogP) is 4.03. The number of rotatable bonds is 7. The Morgan fingerprint density at radius 3 is 2.72 bits per heavy atom. The van der Waals surface area contributed by atoms with Crippen LogP contribution >= 0.6 is 11.3 Å². The van der Waals surface area contributed by atoms with Crippen molar-refractivity contribution in [1.29, 1.82) is 0 Å².